The maximum absolute atomic E-state index is 5.29. The summed E-state index contributed by atoms with van der Waals surface area (Å²) in [6, 6.07) is 0.823. The molecule has 1 aliphatic rings. The molecule has 1 heterocycles. The predicted molar refractivity (Wildman–Crippen MR) is 30.1 cm³/mol. The van der Waals surface area contributed by atoms with Gasteiger partial charge in [-0.15, -0.1) is 0 Å². The summed E-state index contributed by atoms with van der Waals surface area (Å²) in [5, 5.41) is 0. The number of nitrogens with zero attached hydrogens (tertiary/aromatic N) is 1. The molecule has 0 amide bonds. The Morgan fingerprint density at radius 1 is 1.86 bits per heavy atom. The zero-order valence-corrected chi connectivity index (χ0v) is 4.72. The standard InChI is InChI=1S/C5H12N2/c1-5-4-7(5)3-2-6/h5H,2-4,6H2,1H3. The average molecular weight is 100 g/mol. The second kappa shape index (κ2) is 1.80. The van der Waals surface area contributed by atoms with Crippen molar-refractivity contribution in [3.8, 4) is 0 Å². The number of hydrogen-bond acceptors (Lipinski definition) is 2. The van der Waals surface area contributed by atoms with Crippen LogP contribution in [0, 0.1) is 0 Å². The molecule has 0 saturated carbocycles. The fraction of sp³-hybridized carbons (Fsp3) is 1.00. The Morgan fingerprint density at radius 2 is 2.43 bits per heavy atom. The van der Waals surface area contributed by atoms with E-state index in [-0.39, 0.29) is 0 Å². The molecule has 0 aromatic heterocycles. The van der Waals surface area contributed by atoms with Gasteiger partial charge in [-0.05, 0) is 6.92 Å². The first-order valence-corrected chi connectivity index (χ1v) is 2.78. The van der Waals surface area contributed by atoms with Gasteiger partial charge in [0.2, 0.25) is 0 Å². The molecule has 0 bridgehead atoms. The fourth-order valence-electron chi connectivity index (χ4n) is 0.770. The minimum Gasteiger partial charge on any atom is -0.329 e. The van der Waals surface area contributed by atoms with Crippen LogP contribution in [0.25, 0.3) is 0 Å². The van der Waals surface area contributed by atoms with Gasteiger partial charge in [-0.1, -0.05) is 0 Å². The van der Waals surface area contributed by atoms with E-state index in [2.05, 4.69) is 11.8 Å². The first-order chi connectivity index (χ1) is 3.34. The molecule has 1 saturated heterocycles. The lowest BCUT2D eigenvalue weighted by Crippen LogP contribution is -2.13. The van der Waals surface area contributed by atoms with Crippen molar-refractivity contribution < 1.29 is 0 Å². The third-order valence-corrected chi connectivity index (χ3v) is 1.40. The molecule has 0 spiro atoms. The minimum absolute atomic E-state index is 0.810. The lowest BCUT2D eigenvalue weighted by molar-refractivity contribution is 0.529. The van der Waals surface area contributed by atoms with Crippen LogP contribution in [0.5, 0.6) is 0 Å². The average Bonchev–Trinajstić information content (AvgIpc) is 2.22. The van der Waals surface area contributed by atoms with Gasteiger partial charge in [0.1, 0.15) is 0 Å². The van der Waals surface area contributed by atoms with E-state index in [4.69, 9.17) is 5.73 Å². The van der Waals surface area contributed by atoms with Crippen LogP contribution in [-0.4, -0.2) is 30.6 Å². The molecule has 42 valence electrons. The third kappa shape index (κ3) is 1.14. The van der Waals surface area contributed by atoms with Gasteiger partial charge in [0.15, 0.2) is 0 Å². The Balaban J connectivity index is 1.98. The van der Waals surface area contributed by atoms with Crippen LogP contribution < -0.4 is 5.73 Å². The molecule has 0 aliphatic carbocycles. The molecule has 2 atom stereocenters. The zero-order valence-electron chi connectivity index (χ0n) is 4.72. The Bertz CT molecular complexity index is 63.1. The molecule has 0 radical (unpaired) electrons. The summed E-state index contributed by atoms with van der Waals surface area (Å²) in [6.07, 6.45) is 0. The number of rotatable bonds is 2. The van der Waals surface area contributed by atoms with Crippen molar-refractivity contribution in [3.63, 3.8) is 0 Å². The molecule has 2 nitrogen and oxygen atoms in total. The molecule has 2 heteroatoms. The quantitative estimate of drug-likeness (QED) is 0.480. The lowest BCUT2D eigenvalue weighted by Gasteiger charge is -1.93. The van der Waals surface area contributed by atoms with E-state index in [1.54, 1.807) is 0 Å². The largest absolute Gasteiger partial charge is 0.329 e. The van der Waals surface area contributed by atoms with Crippen molar-refractivity contribution in [2.24, 2.45) is 5.73 Å². The Hall–Kier alpha value is -0.0800. The van der Waals surface area contributed by atoms with Crippen LogP contribution in [-0.2, 0) is 0 Å². The summed E-state index contributed by atoms with van der Waals surface area (Å²) in [5.74, 6) is 0. The van der Waals surface area contributed by atoms with Crippen molar-refractivity contribution in [2.75, 3.05) is 19.6 Å². The molecule has 0 aromatic carbocycles. The SMILES string of the molecule is CC1CN1CCN. The molecule has 7 heavy (non-hydrogen) atoms. The van der Waals surface area contributed by atoms with E-state index in [1.165, 1.54) is 6.54 Å². The van der Waals surface area contributed by atoms with Gasteiger partial charge in [0.25, 0.3) is 0 Å². The maximum Gasteiger partial charge on any atom is 0.0196 e. The van der Waals surface area contributed by atoms with Crippen molar-refractivity contribution in [2.45, 2.75) is 13.0 Å². The lowest BCUT2D eigenvalue weighted by atomic mass is 10.6. The van der Waals surface area contributed by atoms with Gasteiger partial charge in [-0.2, -0.15) is 0 Å². The van der Waals surface area contributed by atoms with Gasteiger partial charge in [-0.25, -0.2) is 0 Å². The van der Waals surface area contributed by atoms with E-state index in [0.29, 0.717) is 0 Å². The monoisotopic (exact) mass is 100 g/mol. The third-order valence-electron chi connectivity index (χ3n) is 1.40. The van der Waals surface area contributed by atoms with E-state index in [1.807, 2.05) is 0 Å². The summed E-state index contributed by atoms with van der Waals surface area (Å²) in [7, 11) is 0. The number of nitrogens with two attached hydrogens (primary N) is 1. The smallest absolute Gasteiger partial charge is 0.0196 e. The van der Waals surface area contributed by atoms with Crippen LogP contribution in [0.15, 0.2) is 0 Å². The molecule has 1 fully saturated rings. The van der Waals surface area contributed by atoms with Gasteiger partial charge in [0.05, 0.1) is 0 Å². The topological polar surface area (TPSA) is 29.0 Å². The van der Waals surface area contributed by atoms with Gasteiger partial charge >= 0.3 is 0 Å². The zero-order chi connectivity index (χ0) is 5.28. The fourth-order valence-corrected chi connectivity index (χ4v) is 0.770. The van der Waals surface area contributed by atoms with Crippen molar-refractivity contribution in [1.29, 1.82) is 0 Å². The van der Waals surface area contributed by atoms with Crippen LogP contribution in [0.1, 0.15) is 6.92 Å². The van der Waals surface area contributed by atoms with E-state index >= 15 is 0 Å². The van der Waals surface area contributed by atoms with E-state index in [9.17, 15) is 0 Å². The van der Waals surface area contributed by atoms with Crippen molar-refractivity contribution >= 4 is 0 Å². The Labute approximate surface area is 44.3 Å². The summed E-state index contributed by atoms with van der Waals surface area (Å²) in [4.78, 5) is 2.35. The summed E-state index contributed by atoms with van der Waals surface area (Å²) in [6.45, 7) is 5.37. The van der Waals surface area contributed by atoms with E-state index < -0.39 is 0 Å². The van der Waals surface area contributed by atoms with Crippen LogP contribution >= 0.6 is 0 Å². The first-order valence-electron chi connectivity index (χ1n) is 2.78. The minimum atomic E-state index is 0.810. The van der Waals surface area contributed by atoms with Crippen LogP contribution in [0.3, 0.4) is 0 Å². The molecule has 0 aromatic rings. The molecule has 2 N–H and O–H groups in total. The Kier molecular flexibility index (Phi) is 1.30. The van der Waals surface area contributed by atoms with Crippen LogP contribution in [0.4, 0.5) is 0 Å². The van der Waals surface area contributed by atoms with E-state index in [0.717, 1.165) is 19.1 Å². The second-order valence-electron chi connectivity index (χ2n) is 2.13. The normalized spacial score (nSPS) is 38.6. The molecular formula is C5H12N2. The predicted octanol–water partition coefficient (Wildman–Crippen LogP) is -0.351. The highest BCUT2D eigenvalue weighted by Gasteiger charge is 2.26. The van der Waals surface area contributed by atoms with Gasteiger partial charge in [0, 0.05) is 25.7 Å². The van der Waals surface area contributed by atoms with Gasteiger partial charge in [-0.3, -0.25) is 4.90 Å². The van der Waals surface area contributed by atoms with Crippen molar-refractivity contribution in [1.82, 2.24) is 4.90 Å². The molecular weight excluding hydrogens is 88.1 g/mol. The van der Waals surface area contributed by atoms with Crippen molar-refractivity contribution in [3.05, 3.63) is 0 Å². The summed E-state index contributed by atoms with van der Waals surface area (Å²) < 4.78 is 0. The number of hydrogen-bond donors (Lipinski definition) is 1. The highest BCUT2D eigenvalue weighted by atomic mass is 15.3. The highest BCUT2D eigenvalue weighted by molar-refractivity contribution is 4.83. The summed E-state index contributed by atoms with van der Waals surface area (Å²) >= 11 is 0. The molecule has 2 unspecified atom stereocenters. The van der Waals surface area contributed by atoms with Crippen LogP contribution in [0.2, 0.25) is 0 Å². The molecule has 1 aliphatic heterocycles. The highest BCUT2D eigenvalue weighted by Crippen LogP contribution is 2.13. The second-order valence-corrected chi connectivity index (χ2v) is 2.13. The maximum atomic E-state index is 5.29. The van der Waals surface area contributed by atoms with Gasteiger partial charge < -0.3 is 5.73 Å². The first kappa shape index (κ1) is 5.06. The summed E-state index contributed by atoms with van der Waals surface area (Å²) in [5.41, 5.74) is 5.29. The molecule has 1 rings (SSSR count). The Morgan fingerprint density at radius 3 is 2.57 bits per heavy atom.